The smallest absolute Gasteiger partial charge is 0.149 e. The quantitative estimate of drug-likeness (QED) is 0.812. The van der Waals surface area contributed by atoms with E-state index in [1.54, 1.807) is 0 Å². The fraction of sp³-hybridized carbons (Fsp3) is 0.467. The predicted octanol–water partition coefficient (Wildman–Crippen LogP) is 2.92. The number of aliphatic hydroxyl groups is 1. The predicted molar refractivity (Wildman–Crippen MR) is 69.8 cm³/mol. The van der Waals surface area contributed by atoms with Gasteiger partial charge in [-0.15, -0.1) is 0 Å². The maximum absolute atomic E-state index is 9.21. The highest BCUT2D eigenvalue weighted by molar-refractivity contribution is 5.36. The van der Waals surface area contributed by atoms with E-state index in [1.807, 2.05) is 25.1 Å². The van der Waals surface area contributed by atoms with Gasteiger partial charge in [0.2, 0.25) is 0 Å². The molecular formula is C15H20O2. The Labute approximate surface area is 104 Å². The number of benzene rings is 1. The average Bonchev–Trinajstić information content (AvgIpc) is 2.24. The number of rotatable bonds is 3. The van der Waals surface area contributed by atoms with Gasteiger partial charge >= 0.3 is 0 Å². The van der Waals surface area contributed by atoms with Gasteiger partial charge in [0.15, 0.2) is 0 Å². The second-order valence-corrected chi connectivity index (χ2v) is 5.11. The van der Waals surface area contributed by atoms with Crippen molar-refractivity contribution in [2.75, 3.05) is 6.61 Å². The molecule has 0 amide bonds. The highest BCUT2D eigenvalue weighted by atomic mass is 16.5. The summed E-state index contributed by atoms with van der Waals surface area (Å²) in [5.74, 6) is 6.80. The van der Waals surface area contributed by atoms with Crippen molar-refractivity contribution in [3.63, 3.8) is 0 Å². The Hall–Kier alpha value is -1.46. The second-order valence-electron chi connectivity index (χ2n) is 5.11. The summed E-state index contributed by atoms with van der Waals surface area (Å²) in [5, 5.41) is 9.21. The third-order valence-electron chi connectivity index (χ3n) is 2.15. The topological polar surface area (TPSA) is 29.5 Å². The standard InChI is InChI=1S/C15H20O2/c1-12-6-7-14(13(10-12)11-16)17-9-5-8-15(2,3)4/h6-7,10,16H,9,11H2,1-4H3. The van der Waals surface area contributed by atoms with Gasteiger partial charge in [0.25, 0.3) is 0 Å². The summed E-state index contributed by atoms with van der Waals surface area (Å²) in [6.45, 7) is 8.51. The van der Waals surface area contributed by atoms with Crippen LogP contribution in [0.4, 0.5) is 0 Å². The maximum atomic E-state index is 9.21. The lowest BCUT2D eigenvalue weighted by Crippen LogP contribution is -2.02. The van der Waals surface area contributed by atoms with Crippen LogP contribution in [0.3, 0.4) is 0 Å². The van der Waals surface area contributed by atoms with Crippen molar-refractivity contribution in [2.45, 2.75) is 34.3 Å². The molecular weight excluding hydrogens is 212 g/mol. The van der Waals surface area contributed by atoms with Crippen LogP contribution in [-0.2, 0) is 6.61 Å². The van der Waals surface area contributed by atoms with Gasteiger partial charge in [0.05, 0.1) is 6.61 Å². The molecule has 17 heavy (non-hydrogen) atoms. The van der Waals surface area contributed by atoms with E-state index < -0.39 is 0 Å². The molecule has 0 unspecified atom stereocenters. The molecule has 0 heterocycles. The van der Waals surface area contributed by atoms with Crippen molar-refractivity contribution in [1.29, 1.82) is 0 Å². The Morgan fingerprint density at radius 2 is 2.00 bits per heavy atom. The summed E-state index contributed by atoms with van der Waals surface area (Å²) in [4.78, 5) is 0. The highest BCUT2D eigenvalue weighted by Crippen LogP contribution is 2.19. The van der Waals surface area contributed by atoms with E-state index in [1.165, 1.54) is 0 Å². The SMILES string of the molecule is Cc1ccc(OCC#CC(C)(C)C)c(CO)c1. The molecule has 1 rings (SSSR count). The van der Waals surface area contributed by atoms with Crippen molar-refractivity contribution in [3.8, 4) is 17.6 Å². The molecule has 0 saturated carbocycles. The summed E-state index contributed by atoms with van der Waals surface area (Å²) < 4.78 is 5.54. The number of hydrogen-bond donors (Lipinski definition) is 1. The molecule has 0 saturated heterocycles. The fourth-order valence-corrected chi connectivity index (χ4v) is 1.39. The minimum atomic E-state index is -0.0102. The molecule has 0 aromatic heterocycles. The highest BCUT2D eigenvalue weighted by Gasteiger charge is 2.04. The van der Waals surface area contributed by atoms with Crippen LogP contribution in [0.25, 0.3) is 0 Å². The van der Waals surface area contributed by atoms with Crippen molar-refractivity contribution in [3.05, 3.63) is 29.3 Å². The van der Waals surface area contributed by atoms with Crippen LogP contribution in [0.15, 0.2) is 18.2 Å². The van der Waals surface area contributed by atoms with Crippen LogP contribution in [0.5, 0.6) is 5.75 Å². The lowest BCUT2D eigenvalue weighted by molar-refractivity contribution is 0.270. The van der Waals surface area contributed by atoms with Crippen LogP contribution in [0, 0.1) is 24.2 Å². The van der Waals surface area contributed by atoms with Gasteiger partial charge in [-0.3, -0.25) is 0 Å². The van der Waals surface area contributed by atoms with E-state index >= 15 is 0 Å². The van der Waals surface area contributed by atoms with Crippen molar-refractivity contribution in [1.82, 2.24) is 0 Å². The lowest BCUT2D eigenvalue weighted by Gasteiger charge is -2.09. The zero-order valence-electron chi connectivity index (χ0n) is 11.0. The first-order valence-corrected chi connectivity index (χ1v) is 5.75. The number of aliphatic hydroxyl groups excluding tert-OH is 1. The van der Waals surface area contributed by atoms with Crippen molar-refractivity contribution in [2.24, 2.45) is 5.41 Å². The first-order chi connectivity index (χ1) is 7.92. The van der Waals surface area contributed by atoms with Gasteiger partial charge in [-0.2, -0.15) is 0 Å². The summed E-state index contributed by atoms with van der Waals surface area (Å²) in [7, 11) is 0. The van der Waals surface area contributed by atoms with Crippen LogP contribution in [-0.4, -0.2) is 11.7 Å². The van der Waals surface area contributed by atoms with Crippen LogP contribution in [0.2, 0.25) is 0 Å². The minimum absolute atomic E-state index is 0.00353. The maximum Gasteiger partial charge on any atom is 0.149 e. The molecule has 0 radical (unpaired) electrons. The molecule has 0 spiro atoms. The van der Waals surface area contributed by atoms with E-state index in [0.717, 1.165) is 11.1 Å². The first kappa shape index (κ1) is 13.6. The zero-order chi connectivity index (χ0) is 12.9. The molecule has 2 nitrogen and oxygen atoms in total. The largest absolute Gasteiger partial charge is 0.481 e. The van der Waals surface area contributed by atoms with Crippen LogP contribution < -0.4 is 4.74 Å². The Morgan fingerprint density at radius 1 is 1.29 bits per heavy atom. The summed E-state index contributed by atoms with van der Waals surface area (Å²) in [6.07, 6.45) is 0. The summed E-state index contributed by atoms with van der Waals surface area (Å²) in [6, 6.07) is 5.76. The normalized spacial score (nSPS) is 10.6. The fourth-order valence-electron chi connectivity index (χ4n) is 1.39. The van der Waals surface area contributed by atoms with Gasteiger partial charge in [0.1, 0.15) is 12.4 Å². The van der Waals surface area contributed by atoms with Gasteiger partial charge in [-0.05, 0) is 33.8 Å². The number of ether oxygens (including phenoxy) is 1. The molecule has 0 fully saturated rings. The van der Waals surface area contributed by atoms with Gasteiger partial charge in [-0.1, -0.05) is 29.5 Å². The summed E-state index contributed by atoms with van der Waals surface area (Å²) >= 11 is 0. The molecule has 0 bridgehead atoms. The van der Waals surface area contributed by atoms with E-state index in [4.69, 9.17) is 4.74 Å². The van der Waals surface area contributed by atoms with Crippen LogP contribution in [0.1, 0.15) is 31.9 Å². The summed E-state index contributed by atoms with van der Waals surface area (Å²) in [5.41, 5.74) is 1.92. The number of hydrogen-bond acceptors (Lipinski definition) is 2. The van der Waals surface area contributed by atoms with Crippen LogP contribution >= 0.6 is 0 Å². The van der Waals surface area contributed by atoms with Crippen molar-refractivity contribution >= 4 is 0 Å². The van der Waals surface area contributed by atoms with E-state index in [-0.39, 0.29) is 12.0 Å². The minimum Gasteiger partial charge on any atom is -0.481 e. The molecule has 0 aliphatic rings. The Balaban J connectivity index is 2.66. The van der Waals surface area contributed by atoms with Gasteiger partial charge in [-0.25, -0.2) is 0 Å². The lowest BCUT2D eigenvalue weighted by atomic mass is 9.98. The molecule has 1 N–H and O–H groups in total. The van der Waals surface area contributed by atoms with E-state index in [2.05, 4.69) is 32.6 Å². The van der Waals surface area contributed by atoms with E-state index in [9.17, 15) is 5.11 Å². The monoisotopic (exact) mass is 232 g/mol. The molecule has 0 aliphatic carbocycles. The third kappa shape index (κ3) is 4.93. The Bertz CT molecular complexity index is 430. The Morgan fingerprint density at radius 3 is 2.59 bits per heavy atom. The van der Waals surface area contributed by atoms with E-state index in [0.29, 0.717) is 12.4 Å². The Kier molecular flexibility index (Phi) is 4.60. The van der Waals surface area contributed by atoms with Crippen molar-refractivity contribution < 1.29 is 9.84 Å². The zero-order valence-corrected chi connectivity index (χ0v) is 11.0. The molecule has 1 aromatic rings. The number of aryl methyl sites for hydroxylation is 1. The van der Waals surface area contributed by atoms with Gasteiger partial charge in [0, 0.05) is 11.0 Å². The average molecular weight is 232 g/mol. The molecule has 0 atom stereocenters. The van der Waals surface area contributed by atoms with Gasteiger partial charge < -0.3 is 9.84 Å². The molecule has 92 valence electrons. The molecule has 1 aromatic carbocycles. The molecule has 0 aliphatic heterocycles. The molecule has 2 heteroatoms. The second kappa shape index (κ2) is 5.75. The first-order valence-electron chi connectivity index (χ1n) is 5.75. The third-order valence-corrected chi connectivity index (χ3v) is 2.15.